The van der Waals surface area contributed by atoms with Gasteiger partial charge in [-0.2, -0.15) is 0 Å². The highest BCUT2D eigenvalue weighted by Gasteiger charge is 2.22. The fraction of sp³-hybridized carbons (Fsp3) is 0.143. The van der Waals surface area contributed by atoms with Crippen LogP contribution < -0.4 is 9.64 Å². The number of aryl methyl sites for hydroxylation is 1. The van der Waals surface area contributed by atoms with Crippen LogP contribution in [0, 0.1) is 6.92 Å². The molecule has 0 saturated heterocycles. The third-order valence-corrected chi connectivity index (χ3v) is 5.33. The molecule has 0 spiro atoms. The Bertz CT molecular complexity index is 816. The van der Waals surface area contributed by atoms with Gasteiger partial charge in [0, 0.05) is 9.79 Å². The van der Waals surface area contributed by atoms with Gasteiger partial charge in [-0.05, 0) is 42.8 Å². The molecular formula is C21H19NOS. The van der Waals surface area contributed by atoms with E-state index in [1.54, 1.807) is 0 Å². The molecule has 120 valence electrons. The van der Waals surface area contributed by atoms with E-state index in [-0.39, 0.29) is 0 Å². The molecule has 0 saturated carbocycles. The summed E-state index contributed by atoms with van der Waals surface area (Å²) in [6.45, 7) is 3.55. The molecule has 0 fully saturated rings. The summed E-state index contributed by atoms with van der Waals surface area (Å²) in [7, 11) is 0. The van der Waals surface area contributed by atoms with Gasteiger partial charge in [0.2, 0.25) is 0 Å². The Morgan fingerprint density at radius 2 is 1.38 bits per heavy atom. The zero-order chi connectivity index (χ0) is 16.4. The lowest BCUT2D eigenvalue weighted by Crippen LogP contribution is -2.26. The van der Waals surface area contributed by atoms with Crippen molar-refractivity contribution in [2.45, 2.75) is 16.7 Å². The van der Waals surface area contributed by atoms with Crippen LogP contribution in [0.3, 0.4) is 0 Å². The Labute approximate surface area is 147 Å². The van der Waals surface area contributed by atoms with Crippen LogP contribution in [-0.4, -0.2) is 13.2 Å². The van der Waals surface area contributed by atoms with Crippen molar-refractivity contribution >= 4 is 23.1 Å². The first-order valence-electron chi connectivity index (χ1n) is 8.15. The molecular weight excluding hydrogens is 314 g/mol. The van der Waals surface area contributed by atoms with Gasteiger partial charge in [0.1, 0.15) is 12.4 Å². The molecule has 3 aromatic carbocycles. The summed E-state index contributed by atoms with van der Waals surface area (Å²) >= 11 is 1.84. The number of ether oxygens (including phenoxy) is 1. The normalized spacial score (nSPS) is 12.5. The minimum absolute atomic E-state index is 0.651. The van der Waals surface area contributed by atoms with Crippen LogP contribution in [-0.2, 0) is 0 Å². The number of benzene rings is 3. The lowest BCUT2D eigenvalue weighted by molar-refractivity contribution is 0.325. The largest absolute Gasteiger partial charge is 0.491 e. The number of anilines is 2. The van der Waals surface area contributed by atoms with E-state index in [0.717, 1.165) is 12.3 Å². The van der Waals surface area contributed by atoms with Gasteiger partial charge in [0.25, 0.3) is 0 Å². The van der Waals surface area contributed by atoms with E-state index in [0.29, 0.717) is 6.61 Å². The van der Waals surface area contributed by atoms with E-state index in [1.807, 2.05) is 30.0 Å². The molecule has 3 heteroatoms. The second-order valence-electron chi connectivity index (χ2n) is 5.80. The van der Waals surface area contributed by atoms with Crippen molar-refractivity contribution in [2.75, 3.05) is 18.1 Å². The average molecular weight is 333 g/mol. The molecule has 0 bridgehead atoms. The highest BCUT2D eigenvalue weighted by atomic mass is 32.2. The summed E-state index contributed by atoms with van der Waals surface area (Å²) in [5.41, 5.74) is 3.69. The lowest BCUT2D eigenvalue weighted by atomic mass is 10.2. The van der Waals surface area contributed by atoms with Crippen molar-refractivity contribution in [3.05, 3.63) is 78.4 Å². The van der Waals surface area contributed by atoms with Crippen LogP contribution in [0.1, 0.15) is 5.56 Å². The molecule has 0 amide bonds. The van der Waals surface area contributed by atoms with E-state index in [4.69, 9.17) is 4.74 Å². The molecule has 0 unspecified atom stereocenters. The van der Waals surface area contributed by atoms with E-state index < -0.39 is 0 Å². The summed E-state index contributed by atoms with van der Waals surface area (Å²) in [5.74, 6) is 0.963. The Hall–Kier alpha value is -2.39. The third-order valence-electron chi connectivity index (χ3n) is 4.20. The highest BCUT2D eigenvalue weighted by molar-refractivity contribution is 7.99. The fourth-order valence-electron chi connectivity index (χ4n) is 2.99. The van der Waals surface area contributed by atoms with Crippen LogP contribution in [0.15, 0.2) is 82.6 Å². The third kappa shape index (κ3) is 2.87. The predicted octanol–water partition coefficient (Wildman–Crippen LogP) is 5.68. The Morgan fingerprint density at radius 1 is 0.792 bits per heavy atom. The summed E-state index contributed by atoms with van der Waals surface area (Å²) < 4.78 is 6.02. The van der Waals surface area contributed by atoms with E-state index in [9.17, 15) is 0 Å². The monoisotopic (exact) mass is 333 g/mol. The van der Waals surface area contributed by atoms with E-state index >= 15 is 0 Å². The summed E-state index contributed by atoms with van der Waals surface area (Å²) in [5, 5.41) is 0. The first kappa shape index (κ1) is 15.2. The van der Waals surface area contributed by atoms with Gasteiger partial charge in [0.15, 0.2) is 0 Å². The first-order chi connectivity index (χ1) is 11.8. The zero-order valence-electron chi connectivity index (χ0n) is 13.6. The average Bonchev–Trinajstić information content (AvgIpc) is 2.62. The smallest absolute Gasteiger partial charge is 0.122 e. The van der Waals surface area contributed by atoms with Crippen molar-refractivity contribution in [3.8, 4) is 5.75 Å². The van der Waals surface area contributed by atoms with Gasteiger partial charge >= 0.3 is 0 Å². The maximum Gasteiger partial charge on any atom is 0.122 e. The van der Waals surface area contributed by atoms with Crippen LogP contribution in [0.2, 0.25) is 0 Å². The Balaban J connectivity index is 1.57. The van der Waals surface area contributed by atoms with Gasteiger partial charge in [-0.25, -0.2) is 0 Å². The van der Waals surface area contributed by atoms with Crippen molar-refractivity contribution in [1.82, 2.24) is 0 Å². The molecule has 1 heterocycles. The highest BCUT2D eigenvalue weighted by Crippen LogP contribution is 2.47. The van der Waals surface area contributed by atoms with Crippen molar-refractivity contribution in [2.24, 2.45) is 0 Å². The van der Waals surface area contributed by atoms with Gasteiger partial charge < -0.3 is 9.64 Å². The van der Waals surface area contributed by atoms with Crippen LogP contribution >= 0.6 is 11.8 Å². The second-order valence-corrected chi connectivity index (χ2v) is 6.89. The number of rotatable bonds is 4. The first-order valence-corrected chi connectivity index (χ1v) is 8.96. The van der Waals surface area contributed by atoms with E-state index in [2.05, 4.69) is 66.4 Å². The maximum absolute atomic E-state index is 6.02. The summed E-state index contributed by atoms with van der Waals surface area (Å²) in [4.78, 5) is 4.96. The Morgan fingerprint density at radius 3 is 2.04 bits per heavy atom. The molecule has 4 rings (SSSR count). The minimum atomic E-state index is 0.651. The van der Waals surface area contributed by atoms with E-state index in [1.165, 1.54) is 26.7 Å². The van der Waals surface area contributed by atoms with Gasteiger partial charge in [-0.1, -0.05) is 54.2 Å². The summed E-state index contributed by atoms with van der Waals surface area (Å²) in [6, 6.07) is 25.3. The van der Waals surface area contributed by atoms with Crippen LogP contribution in [0.25, 0.3) is 0 Å². The van der Waals surface area contributed by atoms with Crippen LogP contribution in [0.4, 0.5) is 11.4 Å². The summed E-state index contributed by atoms with van der Waals surface area (Å²) in [6.07, 6.45) is 0. The zero-order valence-corrected chi connectivity index (χ0v) is 14.4. The van der Waals surface area contributed by atoms with Gasteiger partial charge in [-0.3, -0.25) is 0 Å². The van der Waals surface area contributed by atoms with Gasteiger partial charge in [-0.15, -0.1) is 0 Å². The number of para-hydroxylation sites is 3. The molecule has 24 heavy (non-hydrogen) atoms. The quantitative estimate of drug-likeness (QED) is 0.610. The number of fused-ring (bicyclic) bond motifs is 2. The maximum atomic E-state index is 6.02. The molecule has 0 aromatic heterocycles. The van der Waals surface area contributed by atoms with Crippen LogP contribution in [0.5, 0.6) is 5.75 Å². The van der Waals surface area contributed by atoms with Gasteiger partial charge in [0.05, 0.1) is 17.9 Å². The van der Waals surface area contributed by atoms with Crippen molar-refractivity contribution in [3.63, 3.8) is 0 Å². The molecule has 0 aliphatic carbocycles. The number of hydrogen-bond donors (Lipinski definition) is 0. The second kappa shape index (κ2) is 6.62. The topological polar surface area (TPSA) is 12.5 Å². The molecule has 0 N–H and O–H groups in total. The molecule has 0 radical (unpaired) electrons. The van der Waals surface area contributed by atoms with Crippen molar-refractivity contribution < 1.29 is 4.74 Å². The molecule has 2 nitrogen and oxygen atoms in total. The SMILES string of the molecule is Cc1ccccc1OCCN1c2ccccc2Sc2ccccc21. The molecule has 1 aliphatic rings. The van der Waals surface area contributed by atoms with Crippen molar-refractivity contribution in [1.29, 1.82) is 0 Å². The minimum Gasteiger partial charge on any atom is -0.491 e. The lowest BCUT2D eigenvalue weighted by Gasteiger charge is -2.32. The number of hydrogen-bond acceptors (Lipinski definition) is 3. The number of nitrogens with zero attached hydrogens (tertiary/aromatic N) is 1. The standard InChI is InChI=1S/C21H19NOS/c1-16-8-2-5-11-19(16)23-15-14-22-17-9-3-6-12-20(17)24-21-13-7-4-10-18(21)22/h2-13H,14-15H2,1H3. The molecule has 0 atom stereocenters. The molecule has 3 aromatic rings. The predicted molar refractivity (Wildman–Crippen MR) is 101 cm³/mol. The fourth-order valence-corrected chi connectivity index (χ4v) is 4.08. The molecule has 1 aliphatic heterocycles. The Kier molecular flexibility index (Phi) is 4.18.